The van der Waals surface area contributed by atoms with E-state index in [1.54, 1.807) is 0 Å². The molecule has 0 bridgehead atoms. The van der Waals surface area contributed by atoms with Crippen LogP contribution in [0.1, 0.15) is 5.56 Å². The van der Waals surface area contributed by atoms with Crippen LogP contribution in [0.3, 0.4) is 0 Å². The van der Waals surface area contributed by atoms with Gasteiger partial charge in [-0.3, -0.25) is 4.98 Å². The molecular weight excluding hydrogens is 334 g/mol. The molecule has 0 fully saturated rings. The topological polar surface area (TPSA) is 58.9 Å². The lowest BCUT2D eigenvalue weighted by Crippen LogP contribution is -1.90. The lowest BCUT2D eigenvalue weighted by Gasteiger charge is -2.01. The summed E-state index contributed by atoms with van der Waals surface area (Å²) in [6, 6.07) is 24.2. The molecule has 5 heteroatoms. The average molecular weight is 351 g/mol. The van der Waals surface area contributed by atoms with Crippen LogP contribution in [0.5, 0.6) is 0 Å². The molecule has 0 spiro atoms. The van der Waals surface area contributed by atoms with Crippen molar-refractivity contribution in [1.82, 2.24) is 24.8 Å². The third-order valence-corrected chi connectivity index (χ3v) is 4.71. The predicted molar refractivity (Wildman–Crippen MR) is 108 cm³/mol. The van der Waals surface area contributed by atoms with Crippen molar-refractivity contribution in [3.8, 4) is 11.3 Å². The van der Waals surface area contributed by atoms with E-state index in [0.29, 0.717) is 0 Å². The number of benzene rings is 3. The van der Waals surface area contributed by atoms with Crippen molar-refractivity contribution in [1.29, 1.82) is 0 Å². The van der Waals surface area contributed by atoms with Gasteiger partial charge in [0.2, 0.25) is 0 Å². The molecule has 0 aliphatic carbocycles. The summed E-state index contributed by atoms with van der Waals surface area (Å²) < 4.78 is 1.92. The quantitative estimate of drug-likeness (QED) is 0.469. The van der Waals surface area contributed by atoms with Gasteiger partial charge in [-0.25, -0.2) is 14.7 Å². The predicted octanol–water partition coefficient (Wildman–Crippen LogP) is 4.86. The Morgan fingerprint density at radius 3 is 2.44 bits per heavy atom. The number of H-pyrrole nitrogens is 1. The fraction of sp³-hybridized carbons (Fsp3) is 0.0455. The standard InChI is InChI=1S/C22H17N5/c1-15-8-2-4-10-17(15)21-22-24-19-12-6-5-11-18(19)23-14-16-9-3-7-13-20(16)27(22)26-25-21/h2-14,26H,1H3. The van der Waals surface area contributed by atoms with Crippen LogP contribution in [-0.2, 0) is 0 Å². The van der Waals surface area contributed by atoms with Crippen molar-refractivity contribution in [3.63, 3.8) is 0 Å². The van der Waals surface area contributed by atoms with Crippen LogP contribution < -0.4 is 0 Å². The first-order chi connectivity index (χ1) is 13.3. The van der Waals surface area contributed by atoms with Crippen molar-refractivity contribution in [2.24, 2.45) is 0 Å². The zero-order valence-electron chi connectivity index (χ0n) is 14.8. The van der Waals surface area contributed by atoms with E-state index in [9.17, 15) is 0 Å². The van der Waals surface area contributed by atoms with E-state index >= 15 is 0 Å². The summed E-state index contributed by atoms with van der Waals surface area (Å²) >= 11 is 0. The van der Waals surface area contributed by atoms with Gasteiger partial charge >= 0.3 is 0 Å². The number of aryl methyl sites for hydroxylation is 1. The van der Waals surface area contributed by atoms with Gasteiger partial charge in [0.25, 0.3) is 0 Å². The van der Waals surface area contributed by atoms with Crippen LogP contribution >= 0.6 is 0 Å². The Labute approximate surface area is 155 Å². The zero-order chi connectivity index (χ0) is 18.2. The van der Waals surface area contributed by atoms with Gasteiger partial charge in [0.1, 0.15) is 5.69 Å². The lowest BCUT2D eigenvalue weighted by molar-refractivity contribution is 0.880. The van der Waals surface area contributed by atoms with Crippen molar-refractivity contribution in [2.75, 3.05) is 0 Å². The molecule has 0 atom stereocenters. The van der Waals surface area contributed by atoms with Crippen LogP contribution in [0, 0.1) is 6.92 Å². The number of fused-ring (bicyclic) bond motifs is 4. The van der Waals surface area contributed by atoms with Gasteiger partial charge in [-0.05, 0) is 30.7 Å². The molecule has 27 heavy (non-hydrogen) atoms. The van der Waals surface area contributed by atoms with E-state index in [0.717, 1.165) is 44.4 Å². The second-order valence-corrected chi connectivity index (χ2v) is 6.45. The molecule has 3 aromatic carbocycles. The fourth-order valence-corrected chi connectivity index (χ4v) is 3.31. The highest BCUT2D eigenvalue weighted by molar-refractivity contribution is 5.85. The Morgan fingerprint density at radius 1 is 0.815 bits per heavy atom. The van der Waals surface area contributed by atoms with Crippen LogP contribution in [-0.4, -0.2) is 24.8 Å². The average Bonchev–Trinajstić information content (AvgIpc) is 3.12. The summed E-state index contributed by atoms with van der Waals surface area (Å²) in [7, 11) is 0. The monoisotopic (exact) mass is 351 g/mol. The van der Waals surface area contributed by atoms with E-state index in [1.807, 2.05) is 71.4 Å². The first kappa shape index (κ1) is 15.5. The van der Waals surface area contributed by atoms with Crippen LogP contribution in [0.4, 0.5) is 0 Å². The molecule has 0 unspecified atom stereocenters. The largest absolute Gasteiger partial charge is 0.254 e. The van der Waals surface area contributed by atoms with Crippen molar-refractivity contribution in [2.45, 2.75) is 6.92 Å². The minimum atomic E-state index is 0.759. The minimum absolute atomic E-state index is 0.759. The Morgan fingerprint density at radius 2 is 1.56 bits per heavy atom. The summed E-state index contributed by atoms with van der Waals surface area (Å²) in [5, 5.41) is 8.76. The van der Waals surface area contributed by atoms with Gasteiger partial charge < -0.3 is 0 Å². The van der Waals surface area contributed by atoms with Gasteiger partial charge in [-0.1, -0.05) is 54.6 Å². The van der Waals surface area contributed by atoms with Crippen LogP contribution in [0.25, 0.3) is 38.8 Å². The van der Waals surface area contributed by atoms with E-state index in [2.05, 4.69) is 34.4 Å². The molecule has 5 nitrogen and oxygen atoms in total. The molecule has 5 aromatic rings. The number of hydrogen-bond acceptors (Lipinski definition) is 3. The summed E-state index contributed by atoms with van der Waals surface area (Å²) in [5.74, 6) is 0. The minimum Gasteiger partial charge on any atom is -0.254 e. The second-order valence-electron chi connectivity index (χ2n) is 6.45. The van der Waals surface area contributed by atoms with Gasteiger partial charge in [0, 0.05) is 17.1 Å². The second kappa shape index (κ2) is 6.21. The third-order valence-electron chi connectivity index (χ3n) is 4.71. The van der Waals surface area contributed by atoms with Gasteiger partial charge in [-0.2, -0.15) is 5.10 Å². The maximum absolute atomic E-state index is 4.95. The van der Waals surface area contributed by atoms with Gasteiger partial charge in [0.15, 0.2) is 5.65 Å². The van der Waals surface area contributed by atoms with Crippen LogP contribution in [0.2, 0.25) is 0 Å². The summed E-state index contributed by atoms with van der Waals surface area (Å²) in [4.78, 5) is 9.62. The highest BCUT2D eigenvalue weighted by Gasteiger charge is 2.12. The normalized spacial score (nSPS) is 11.1. The molecule has 0 saturated carbocycles. The number of nitrogens with zero attached hydrogens (tertiary/aromatic N) is 4. The Kier molecular flexibility index (Phi) is 3.57. The third kappa shape index (κ3) is 2.60. The molecule has 0 saturated heterocycles. The number of aromatic amines is 1. The summed E-state index contributed by atoms with van der Waals surface area (Å²) in [6.07, 6.45) is 1.88. The number of aromatic nitrogens is 5. The fourth-order valence-electron chi connectivity index (χ4n) is 3.31. The van der Waals surface area contributed by atoms with Gasteiger partial charge in [-0.15, -0.1) is 0 Å². The highest BCUT2D eigenvalue weighted by atomic mass is 15.4. The Bertz CT molecular complexity index is 1340. The molecule has 0 aliphatic heterocycles. The van der Waals surface area contributed by atoms with E-state index in [1.165, 1.54) is 0 Å². The number of rotatable bonds is 1. The van der Waals surface area contributed by atoms with Gasteiger partial charge in [0.05, 0.1) is 16.6 Å². The SMILES string of the molecule is Cc1ccccc1-c1n[nH]n2c1nc1ccccc1ncc1ccccc12. The Balaban J connectivity index is 2.04. The molecule has 0 radical (unpaired) electrons. The van der Waals surface area contributed by atoms with E-state index < -0.39 is 0 Å². The molecule has 0 amide bonds. The molecular formula is C22H17N5. The molecule has 2 heterocycles. The molecule has 5 rings (SSSR count). The van der Waals surface area contributed by atoms with Crippen molar-refractivity contribution < 1.29 is 0 Å². The summed E-state index contributed by atoms with van der Waals surface area (Å²) in [5.41, 5.74) is 6.39. The summed E-state index contributed by atoms with van der Waals surface area (Å²) in [6.45, 7) is 2.08. The molecule has 0 aliphatic rings. The first-order valence-electron chi connectivity index (χ1n) is 8.82. The van der Waals surface area contributed by atoms with Crippen LogP contribution in [0.15, 0.2) is 79.0 Å². The highest BCUT2D eigenvalue weighted by Crippen LogP contribution is 2.25. The number of para-hydroxylation sites is 3. The molecule has 1 N–H and O–H groups in total. The number of hydrogen-bond donors (Lipinski definition) is 1. The van der Waals surface area contributed by atoms with Crippen molar-refractivity contribution >= 4 is 27.6 Å². The maximum atomic E-state index is 4.95. The smallest absolute Gasteiger partial charge is 0.182 e. The molecule has 130 valence electrons. The Hall–Kier alpha value is -3.73. The van der Waals surface area contributed by atoms with E-state index in [4.69, 9.17) is 4.98 Å². The van der Waals surface area contributed by atoms with Crippen molar-refractivity contribution in [3.05, 3.63) is 84.6 Å². The zero-order valence-corrected chi connectivity index (χ0v) is 14.8. The maximum Gasteiger partial charge on any atom is 0.182 e. The first-order valence-corrected chi connectivity index (χ1v) is 8.82. The molecule has 2 aromatic heterocycles. The number of nitrogens with one attached hydrogen (secondary N) is 1. The lowest BCUT2D eigenvalue weighted by atomic mass is 10.1. The van der Waals surface area contributed by atoms with E-state index in [-0.39, 0.29) is 0 Å².